The van der Waals surface area contributed by atoms with Gasteiger partial charge in [-0.2, -0.15) is 5.26 Å². The summed E-state index contributed by atoms with van der Waals surface area (Å²) in [6, 6.07) is 16.5. The predicted molar refractivity (Wildman–Crippen MR) is 102 cm³/mol. The lowest BCUT2D eigenvalue weighted by atomic mass is 9.95. The zero-order valence-electron chi connectivity index (χ0n) is 14.6. The van der Waals surface area contributed by atoms with E-state index in [1.807, 2.05) is 43.5 Å². The predicted octanol–water partition coefficient (Wildman–Crippen LogP) is 5.16. The van der Waals surface area contributed by atoms with Crippen LogP contribution in [0.25, 0.3) is 10.9 Å². The fraction of sp³-hybridized carbons (Fsp3) is 0.217. The fourth-order valence-corrected chi connectivity index (χ4v) is 2.88. The molecule has 0 saturated carbocycles. The number of hydrogen-bond donors (Lipinski definition) is 0. The van der Waals surface area contributed by atoms with Crippen molar-refractivity contribution in [2.45, 2.75) is 33.1 Å². The van der Waals surface area contributed by atoms with Gasteiger partial charge in [-0.3, -0.25) is 4.98 Å². The molecule has 0 radical (unpaired) electrons. The van der Waals surface area contributed by atoms with E-state index < -0.39 is 0 Å². The van der Waals surface area contributed by atoms with Gasteiger partial charge in [-0.05, 0) is 48.6 Å². The van der Waals surface area contributed by atoms with Gasteiger partial charge in [0.1, 0.15) is 0 Å². The smallest absolute Gasteiger partial charge is 0.0994 e. The molecule has 0 aliphatic rings. The lowest BCUT2D eigenvalue weighted by molar-refractivity contribution is 0.983. The van der Waals surface area contributed by atoms with Gasteiger partial charge in [-0.1, -0.05) is 49.1 Å². The van der Waals surface area contributed by atoms with E-state index in [2.05, 4.69) is 42.0 Å². The first kappa shape index (κ1) is 16.7. The van der Waals surface area contributed by atoms with Crippen LogP contribution in [-0.4, -0.2) is 4.98 Å². The summed E-state index contributed by atoms with van der Waals surface area (Å²) in [5, 5.41) is 10.4. The van der Waals surface area contributed by atoms with E-state index in [4.69, 9.17) is 0 Å². The molecule has 0 atom stereocenters. The second-order valence-corrected chi connectivity index (χ2v) is 6.16. The summed E-state index contributed by atoms with van der Waals surface area (Å²) in [6.07, 6.45) is 4.55. The van der Waals surface area contributed by atoms with E-state index in [0.29, 0.717) is 0 Å². The van der Waals surface area contributed by atoms with Crippen LogP contribution in [0.15, 0.2) is 48.7 Å². The zero-order chi connectivity index (χ0) is 17.6. The summed E-state index contributed by atoms with van der Waals surface area (Å²) in [7, 11) is 0. The number of unbranched alkanes of at least 4 members (excludes halogenated alkanes) is 1. The van der Waals surface area contributed by atoms with Crippen molar-refractivity contribution in [2.75, 3.05) is 0 Å². The van der Waals surface area contributed by atoms with E-state index in [1.54, 1.807) is 0 Å². The topological polar surface area (TPSA) is 36.7 Å². The summed E-state index contributed by atoms with van der Waals surface area (Å²) in [5.74, 6) is 6.52. The van der Waals surface area contributed by atoms with Crippen molar-refractivity contribution in [1.29, 1.82) is 5.26 Å². The van der Waals surface area contributed by atoms with Gasteiger partial charge in [0.2, 0.25) is 0 Å². The van der Waals surface area contributed by atoms with Crippen LogP contribution in [0.4, 0.5) is 0 Å². The van der Waals surface area contributed by atoms with Gasteiger partial charge in [0, 0.05) is 23.6 Å². The maximum atomic E-state index is 9.30. The van der Waals surface area contributed by atoms with Crippen LogP contribution in [0.5, 0.6) is 0 Å². The number of nitriles is 1. The highest BCUT2D eigenvalue weighted by molar-refractivity contribution is 5.84. The molecule has 0 aliphatic carbocycles. The molecule has 0 bridgehead atoms. The average Bonchev–Trinajstić information content (AvgIpc) is 2.65. The van der Waals surface area contributed by atoms with Crippen molar-refractivity contribution in [1.82, 2.24) is 4.98 Å². The highest BCUT2D eigenvalue weighted by Crippen LogP contribution is 2.24. The van der Waals surface area contributed by atoms with Crippen LogP contribution in [0.3, 0.4) is 0 Å². The maximum Gasteiger partial charge on any atom is 0.0994 e. The Morgan fingerprint density at radius 2 is 1.92 bits per heavy atom. The number of fused-ring (bicyclic) bond motifs is 1. The largest absolute Gasteiger partial charge is 0.255 e. The highest BCUT2D eigenvalue weighted by Gasteiger charge is 2.09. The Morgan fingerprint density at radius 3 is 2.72 bits per heavy atom. The van der Waals surface area contributed by atoms with Crippen LogP contribution >= 0.6 is 0 Å². The number of hydrogen-bond acceptors (Lipinski definition) is 2. The first-order chi connectivity index (χ1) is 12.2. The third-order valence-electron chi connectivity index (χ3n) is 4.29. The van der Waals surface area contributed by atoms with Crippen molar-refractivity contribution >= 4 is 10.9 Å². The molecule has 122 valence electrons. The minimum atomic E-state index is 0.731. The average molecular weight is 324 g/mol. The van der Waals surface area contributed by atoms with E-state index in [0.717, 1.165) is 52.4 Å². The third kappa shape index (κ3) is 3.70. The molecule has 2 aromatic carbocycles. The van der Waals surface area contributed by atoms with Crippen LogP contribution in [-0.2, 0) is 6.42 Å². The molecule has 0 saturated heterocycles. The number of nitrogens with zero attached hydrogens (tertiary/aromatic N) is 2. The minimum Gasteiger partial charge on any atom is -0.255 e. The molecule has 25 heavy (non-hydrogen) atoms. The lowest BCUT2D eigenvalue weighted by Crippen LogP contribution is -1.97. The summed E-state index contributed by atoms with van der Waals surface area (Å²) in [4.78, 5) is 4.56. The molecule has 0 spiro atoms. The van der Waals surface area contributed by atoms with Crippen LogP contribution in [0, 0.1) is 30.1 Å². The molecule has 3 rings (SSSR count). The van der Waals surface area contributed by atoms with Crippen molar-refractivity contribution in [3.05, 3.63) is 76.5 Å². The highest BCUT2D eigenvalue weighted by atomic mass is 14.7. The minimum absolute atomic E-state index is 0.731. The Balaban J connectivity index is 2.11. The Labute approximate surface area is 149 Å². The van der Waals surface area contributed by atoms with Crippen molar-refractivity contribution < 1.29 is 0 Å². The molecule has 1 aromatic heterocycles. The lowest BCUT2D eigenvalue weighted by Gasteiger charge is -2.10. The molecule has 1 heterocycles. The van der Waals surface area contributed by atoms with Gasteiger partial charge in [-0.15, -0.1) is 0 Å². The van der Waals surface area contributed by atoms with Crippen LogP contribution < -0.4 is 0 Å². The molecule has 2 heteroatoms. The monoisotopic (exact) mass is 324 g/mol. The fourth-order valence-electron chi connectivity index (χ4n) is 2.88. The summed E-state index contributed by atoms with van der Waals surface area (Å²) < 4.78 is 0. The molecule has 3 aromatic rings. The Kier molecular flexibility index (Phi) is 5.12. The SMILES string of the molecule is CCCC#Cc1cnc2ccccc2c1Cc1ccc(C)c(C#N)c1. The van der Waals surface area contributed by atoms with E-state index >= 15 is 0 Å². The van der Waals surface area contributed by atoms with E-state index in [9.17, 15) is 5.26 Å². The normalized spacial score (nSPS) is 10.1. The van der Waals surface area contributed by atoms with Crippen LogP contribution in [0.2, 0.25) is 0 Å². The number of rotatable bonds is 3. The molecular weight excluding hydrogens is 304 g/mol. The first-order valence-corrected chi connectivity index (χ1v) is 8.58. The Hall–Kier alpha value is -3.10. The maximum absolute atomic E-state index is 9.30. The Bertz CT molecular complexity index is 1010. The zero-order valence-corrected chi connectivity index (χ0v) is 14.6. The summed E-state index contributed by atoms with van der Waals surface area (Å²) >= 11 is 0. The number of benzene rings is 2. The number of aromatic nitrogens is 1. The first-order valence-electron chi connectivity index (χ1n) is 8.58. The van der Waals surface area contributed by atoms with Gasteiger partial charge in [-0.25, -0.2) is 0 Å². The van der Waals surface area contributed by atoms with Gasteiger partial charge >= 0.3 is 0 Å². The van der Waals surface area contributed by atoms with Crippen LogP contribution in [0.1, 0.15) is 47.6 Å². The number of para-hydroxylation sites is 1. The third-order valence-corrected chi connectivity index (χ3v) is 4.29. The molecular formula is C23H20N2. The quantitative estimate of drug-likeness (QED) is 0.624. The van der Waals surface area contributed by atoms with Gasteiger partial charge in [0.15, 0.2) is 0 Å². The summed E-state index contributed by atoms with van der Waals surface area (Å²) in [5.41, 5.74) is 6.00. The molecule has 2 nitrogen and oxygen atoms in total. The van der Waals surface area contributed by atoms with Gasteiger partial charge in [0.25, 0.3) is 0 Å². The molecule has 0 fully saturated rings. The Morgan fingerprint density at radius 1 is 1.08 bits per heavy atom. The van der Waals surface area contributed by atoms with Gasteiger partial charge in [0.05, 0.1) is 17.1 Å². The second kappa shape index (κ2) is 7.65. The van der Waals surface area contributed by atoms with E-state index in [1.165, 1.54) is 5.56 Å². The van der Waals surface area contributed by atoms with Crippen molar-refractivity contribution in [3.8, 4) is 17.9 Å². The molecule has 0 N–H and O–H groups in total. The molecule has 0 unspecified atom stereocenters. The molecule has 0 amide bonds. The van der Waals surface area contributed by atoms with Crippen molar-refractivity contribution in [2.24, 2.45) is 0 Å². The number of pyridine rings is 1. The molecule has 0 aliphatic heterocycles. The standard InChI is InChI=1S/C23H20N2/c1-3-4-5-8-19-16-25-23-10-7-6-9-21(23)22(19)14-18-12-11-17(2)20(13-18)15-24/h6-7,9-13,16H,3-4,14H2,1-2H3. The van der Waals surface area contributed by atoms with Gasteiger partial charge < -0.3 is 0 Å². The van der Waals surface area contributed by atoms with E-state index in [-0.39, 0.29) is 0 Å². The van der Waals surface area contributed by atoms with Crippen molar-refractivity contribution in [3.63, 3.8) is 0 Å². The summed E-state index contributed by atoms with van der Waals surface area (Å²) in [6.45, 7) is 4.09. The second-order valence-electron chi connectivity index (χ2n) is 6.16. The number of aryl methyl sites for hydroxylation is 1.